The maximum atomic E-state index is 10.9. The van der Waals surface area contributed by atoms with Crippen LogP contribution in [0, 0.1) is 10.1 Å². The van der Waals surface area contributed by atoms with Crippen LogP contribution in [-0.2, 0) is 4.79 Å². The molecule has 0 saturated heterocycles. The fraction of sp³-hybridized carbons (Fsp3) is 0.0909. The fourth-order valence-corrected chi connectivity index (χ4v) is 2.35. The zero-order chi connectivity index (χ0) is 13.1. The number of carbonyl (C=O) groups is 1. The number of aromatic nitrogens is 1. The number of nitrogens with zero attached hydrogens (tertiary/aromatic N) is 2. The number of pyridine rings is 1. The Bertz CT molecular complexity index is 629. The lowest BCUT2D eigenvalue weighted by atomic mass is 10.1. The van der Waals surface area contributed by atoms with Crippen molar-refractivity contribution in [3.8, 4) is 0 Å². The van der Waals surface area contributed by atoms with Gasteiger partial charge in [0.1, 0.15) is 0 Å². The number of nitro benzene ring substituents is 1. The van der Waals surface area contributed by atoms with E-state index in [1.165, 1.54) is 18.5 Å². The van der Waals surface area contributed by atoms with Crippen LogP contribution in [-0.4, -0.2) is 26.7 Å². The molecule has 0 fully saturated rings. The van der Waals surface area contributed by atoms with Gasteiger partial charge in [0, 0.05) is 28.7 Å². The van der Waals surface area contributed by atoms with Gasteiger partial charge in [0.15, 0.2) is 0 Å². The van der Waals surface area contributed by atoms with E-state index in [-0.39, 0.29) is 11.4 Å². The summed E-state index contributed by atoms with van der Waals surface area (Å²) < 4.78 is 0. The van der Waals surface area contributed by atoms with Crippen molar-refractivity contribution in [3.63, 3.8) is 0 Å². The highest BCUT2D eigenvalue weighted by atomic mass is 32.2. The van der Waals surface area contributed by atoms with Crippen molar-refractivity contribution >= 4 is 34.2 Å². The molecule has 0 aliphatic rings. The Morgan fingerprint density at radius 1 is 1.39 bits per heavy atom. The monoisotopic (exact) mass is 264 g/mol. The van der Waals surface area contributed by atoms with Crippen LogP contribution in [0.2, 0.25) is 0 Å². The van der Waals surface area contributed by atoms with E-state index < -0.39 is 10.9 Å². The number of hydrogen-bond donors (Lipinski definition) is 1. The number of carboxylic acids is 1. The van der Waals surface area contributed by atoms with E-state index >= 15 is 0 Å². The van der Waals surface area contributed by atoms with Crippen LogP contribution in [0.1, 0.15) is 0 Å². The maximum Gasteiger partial charge on any atom is 0.313 e. The highest BCUT2D eigenvalue weighted by Gasteiger charge is 2.14. The second kappa shape index (κ2) is 5.01. The minimum Gasteiger partial charge on any atom is -0.481 e. The molecule has 0 spiro atoms. The van der Waals surface area contributed by atoms with E-state index in [4.69, 9.17) is 5.11 Å². The molecule has 6 nitrogen and oxygen atoms in total. The number of aliphatic carboxylic acids is 1. The van der Waals surface area contributed by atoms with E-state index in [0.29, 0.717) is 15.7 Å². The van der Waals surface area contributed by atoms with Gasteiger partial charge < -0.3 is 5.11 Å². The van der Waals surface area contributed by atoms with Crippen molar-refractivity contribution in [2.75, 3.05) is 5.75 Å². The summed E-state index contributed by atoms with van der Waals surface area (Å²) in [5, 5.41) is 20.6. The topological polar surface area (TPSA) is 93.3 Å². The third-order valence-corrected chi connectivity index (χ3v) is 3.36. The molecule has 18 heavy (non-hydrogen) atoms. The minimum atomic E-state index is -0.930. The Morgan fingerprint density at radius 2 is 2.17 bits per heavy atom. The average Bonchev–Trinajstić information content (AvgIpc) is 2.35. The number of non-ortho nitro benzene ring substituents is 1. The summed E-state index contributed by atoms with van der Waals surface area (Å²) in [7, 11) is 0. The van der Waals surface area contributed by atoms with Crippen LogP contribution in [0.4, 0.5) is 5.69 Å². The first-order valence-electron chi connectivity index (χ1n) is 4.95. The fourth-order valence-electron chi connectivity index (χ4n) is 1.57. The van der Waals surface area contributed by atoms with Crippen molar-refractivity contribution in [2.24, 2.45) is 0 Å². The maximum absolute atomic E-state index is 10.9. The van der Waals surface area contributed by atoms with Gasteiger partial charge in [-0.15, -0.1) is 11.8 Å². The van der Waals surface area contributed by atoms with Gasteiger partial charge in [0.2, 0.25) is 0 Å². The molecule has 1 N–H and O–H groups in total. The van der Waals surface area contributed by atoms with Crippen molar-refractivity contribution in [3.05, 3.63) is 40.7 Å². The van der Waals surface area contributed by atoms with E-state index in [0.717, 1.165) is 11.8 Å². The average molecular weight is 264 g/mol. The molecule has 0 saturated carbocycles. The van der Waals surface area contributed by atoms with Crippen LogP contribution in [0.3, 0.4) is 0 Å². The van der Waals surface area contributed by atoms with Crippen LogP contribution in [0.25, 0.3) is 10.8 Å². The summed E-state index contributed by atoms with van der Waals surface area (Å²) in [5.74, 6) is -1.02. The molecule has 1 aromatic heterocycles. The van der Waals surface area contributed by atoms with E-state index in [9.17, 15) is 14.9 Å². The normalized spacial score (nSPS) is 10.4. The Hall–Kier alpha value is -2.15. The Balaban J connectivity index is 2.53. The van der Waals surface area contributed by atoms with Gasteiger partial charge in [-0.25, -0.2) is 0 Å². The molecule has 0 aliphatic heterocycles. The number of fused-ring (bicyclic) bond motifs is 1. The van der Waals surface area contributed by atoms with Gasteiger partial charge in [-0.05, 0) is 12.1 Å². The highest BCUT2D eigenvalue weighted by molar-refractivity contribution is 8.00. The first-order valence-corrected chi connectivity index (χ1v) is 5.94. The molecule has 1 heterocycles. The van der Waals surface area contributed by atoms with Gasteiger partial charge in [-0.1, -0.05) is 0 Å². The van der Waals surface area contributed by atoms with Gasteiger partial charge in [0.05, 0.1) is 16.1 Å². The van der Waals surface area contributed by atoms with Crippen LogP contribution in [0.5, 0.6) is 0 Å². The zero-order valence-corrected chi connectivity index (χ0v) is 9.88. The standard InChI is InChI=1S/C11H8N2O4S/c14-11(15)6-18-10-2-1-9(13(16)17)8-5-12-4-3-7(8)10/h1-5H,6H2,(H,14,15). The summed E-state index contributed by atoms with van der Waals surface area (Å²) in [6.07, 6.45) is 2.94. The lowest BCUT2D eigenvalue weighted by Gasteiger charge is -2.05. The largest absolute Gasteiger partial charge is 0.481 e. The summed E-state index contributed by atoms with van der Waals surface area (Å²) in [6.45, 7) is 0. The predicted octanol–water partition coefficient (Wildman–Crippen LogP) is 2.32. The second-order valence-electron chi connectivity index (χ2n) is 3.44. The lowest BCUT2D eigenvalue weighted by Crippen LogP contribution is -1.98. The Morgan fingerprint density at radius 3 is 2.83 bits per heavy atom. The minimum absolute atomic E-state index is 0.0298. The number of hydrogen-bond acceptors (Lipinski definition) is 5. The molecular weight excluding hydrogens is 256 g/mol. The summed E-state index contributed by atoms with van der Waals surface area (Å²) in [4.78, 5) is 25.5. The quantitative estimate of drug-likeness (QED) is 0.517. The Labute approximate surface area is 106 Å². The van der Waals surface area contributed by atoms with Gasteiger partial charge in [0.25, 0.3) is 5.69 Å². The second-order valence-corrected chi connectivity index (χ2v) is 4.46. The van der Waals surface area contributed by atoms with Crippen LogP contribution >= 0.6 is 11.8 Å². The summed E-state index contributed by atoms with van der Waals surface area (Å²) in [5.41, 5.74) is -0.0298. The van der Waals surface area contributed by atoms with E-state index in [1.54, 1.807) is 12.1 Å². The Kier molecular flexibility index (Phi) is 3.42. The zero-order valence-electron chi connectivity index (χ0n) is 9.07. The van der Waals surface area contributed by atoms with Gasteiger partial charge in [-0.3, -0.25) is 19.9 Å². The number of benzene rings is 1. The molecule has 2 rings (SSSR count). The molecule has 0 bridgehead atoms. The number of thioether (sulfide) groups is 1. The summed E-state index contributed by atoms with van der Waals surface area (Å²) >= 11 is 1.13. The third kappa shape index (κ3) is 2.40. The molecule has 0 unspecified atom stereocenters. The first-order chi connectivity index (χ1) is 8.59. The molecule has 0 radical (unpaired) electrons. The molecule has 92 valence electrons. The van der Waals surface area contributed by atoms with E-state index in [1.807, 2.05) is 0 Å². The van der Waals surface area contributed by atoms with E-state index in [2.05, 4.69) is 4.98 Å². The number of nitro groups is 1. The van der Waals surface area contributed by atoms with Crippen molar-refractivity contribution in [1.29, 1.82) is 0 Å². The molecule has 0 atom stereocenters. The predicted molar refractivity (Wildman–Crippen MR) is 66.8 cm³/mol. The smallest absolute Gasteiger partial charge is 0.313 e. The van der Waals surface area contributed by atoms with Crippen molar-refractivity contribution in [1.82, 2.24) is 4.98 Å². The SMILES string of the molecule is O=C(O)CSc1ccc([N+](=O)[O-])c2cnccc12. The molecule has 7 heteroatoms. The highest BCUT2D eigenvalue weighted by Crippen LogP contribution is 2.33. The summed E-state index contributed by atoms with van der Waals surface area (Å²) in [6, 6.07) is 4.58. The molecule has 0 amide bonds. The van der Waals surface area contributed by atoms with Crippen molar-refractivity contribution in [2.45, 2.75) is 4.90 Å². The van der Waals surface area contributed by atoms with Gasteiger partial charge in [-0.2, -0.15) is 0 Å². The third-order valence-electron chi connectivity index (χ3n) is 2.30. The van der Waals surface area contributed by atoms with Crippen LogP contribution < -0.4 is 0 Å². The number of carboxylic acid groups (broad SMARTS) is 1. The number of rotatable bonds is 4. The van der Waals surface area contributed by atoms with Crippen LogP contribution in [0.15, 0.2) is 35.5 Å². The molecule has 1 aromatic carbocycles. The molecule has 0 aliphatic carbocycles. The van der Waals surface area contributed by atoms with Gasteiger partial charge >= 0.3 is 5.97 Å². The first kappa shape index (κ1) is 12.3. The molecular formula is C11H8N2O4S. The lowest BCUT2D eigenvalue weighted by molar-refractivity contribution is -0.383. The molecule has 2 aromatic rings. The van der Waals surface area contributed by atoms with Crippen molar-refractivity contribution < 1.29 is 14.8 Å².